The average molecular weight is 197 g/mol. The number of fused-ring (bicyclic) bond motifs is 1. The Balaban J connectivity index is 2.76. The average Bonchev–Trinajstić information content (AvgIpc) is 2.42. The fourth-order valence-corrected chi connectivity index (χ4v) is 1.49. The van der Waals surface area contributed by atoms with E-state index in [0.717, 1.165) is 11.3 Å². The second-order valence-electron chi connectivity index (χ2n) is 2.88. The van der Waals surface area contributed by atoms with Crippen LogP contribution < -0.4 is 0 Å². The monoisotopic (exact) mass is 196 g/mol. The highest BCUT2D eigenvalue weighted by molar-refractivity contribution is 6.30. The predicted molar refractivity (Wildman–Crippen MR) is 50.9 cm³/mol. The van der Waals surface area contributed by atoms with Crippen LogP contribution in [0.25, 0.3) is 5.65 Å². The Kier molecular flexibility index (Phi) is 1.98. The van der Waals surface area contributed by atoms with E-state index in [1.807, 2.05) is 17.5 Å². The molecule has 0 amide bonds. The maximum absolute atomic E-state index is 8.98. The lowest BCUT2D eigenvalue weighted by Crippen LogP contribution is -1.88. The van der Waals surface area contributed by atoms with E-state index in [-0.39, 0.29) is 6.61 Å². The maximum Gasteiger partial charge on any atom is 0.138 e. The SMILES string of the molecule is Cc1c(CO)nc2cc(Cl)ccn12. The summed E-state index contributed by atoms with van der Waals surface area (Å²) in [7, 11) is 0. The first-order valence-electron chi connectivity index (χ1n) is 3.96. The molecule has 0 atom stereocenters. The number of hydrogen-bond acceptors (Lipinski definition) is 2. The molecule has 0 aliphatic rings. The Morgan fingerprint density at radius 2 is 2.38 bits per heavy atom. The summed E-state index contributed by atoms with van der Waals surface area (Å²) in [4.78, 5) is 4.22. The van der Waals surface area contributed by atoms with Crippen LogP contribution in [0, 0.1) is 6.92 Å². The zero-order chi connectivity index (χ0) is 9.42. The number of imidazole rings is 1. The molecular formula is C9H9ClN2O. The zero-order valence-electron chi connectivity index (χ0n) is 7.16. The summed E-state index contributed by atoms with van der Waals surface area (Å²) < 4.78 is 1.90. The van der Waals surface area contributed by atoms with E-state index in [2.05, 4.69) is 4.98 Å². The molecule has 0 spiro atoms. The van der Waals surface area contributed by atoms with Gasteiger partial charge in [0.2, 0.25) is 0 Å². The minimum absolute atomic E-state index is 0.0366. The molecule has 0 saturated heterocycles. The van der Waals surface area contributed by atoms with Gasteiger partial charge in [-0.15, -0.1) is 0 Å². The van der Waals surface area contributed by atoms with Gasteiger partial charge in [0.05, 0.1) is 12.3 Å². The first kappa shape index (κ1) is 8.53. The Labute approximate surface area is 80.6 Å². The van der Waals surface area contributed by atoms with Gasteiger partial charge in [-0.2, -0.15) is 0 Å². The van der Waals surface area contributed by atoms with E-state index >= 15 is 0 Å². The van der Waals surface area contributed by atoms with Crippen LogP contribution in [0.4, 0.5) is 0 Å². The molecule has 68 valence electrons. The summed E-state index contributed by atoms with van der Waals surface area (Å²) in [5.41, 5.74) is 2.42. The van der Waals surface area contributed by atoms with Crippen LogP contribution in [0.1, 0.15) is 11.4 Å². The van der Waals surface area contributed by atoms with E-state index in [4.69, 9.17) is 16.7 Å². The van der Waals surface area contributed by atoms with Gasteiger partial charge in [-0.1, -0.05) is 11.6 Å². The number of aromatic nitrogens is 2. The molecule has 13 heavy (non-hydrogen) atoms. The molecular weight excluding hydrogens is 188 g/mol. The number of aliphatic hydroxyl groups excluding tert-OH is 1. The van der Waals surface area contributed by atoms with E-state index in [1.165, 1.54) is 0 Å². The quantitative estimate of drug-likeness (QED) is 0.755. The Morgan fingerprint density at radius 3 is 3.08 bits per heavy atom. The smallest absolute Gasteiger partial charge is 0.138 e. The molecule has 4 heteroatoms. The van der Waals surface area contributed by atoms with Crippen molar-refractivity contribution < 1.29 is 5.11 Å². The van der Waals surface area contributed by atoms with Crippen molar-refractivity contribution in [1.29, 1.82) is 0 Å². The van der Waals surface area contributed by atoms with Crippen LogP contribution in [-0.2, 0) is 6.61 Å². The Hall–Kier alpha value is -1.06. The number of hydrogen-bond donors (Lipinski definition) is 1. The minimum atomic E-state index is -0.0366. The number of nitrogens with zero attached hydrogens (tertiary/aromatic N) is 2. The highest BCUT2D eigenvalue weighted by Gasteiger charge is 2.06. The van der Waals surface area contributed by atoms with Gasteiger partial charge in [0, 0.05) is 23.0 Å². The molecule has 1 N–H and O–H groups in total. The minimum Gasteiger partial charge on any atom is -0.390 e. The summed E-state index contributed by atoms with van der Waals surface area (Å²) in [5.74, 6) is 0. The third-order valence-corrected chi connectivity index (χ3v) is 2.31. The van der Waals surface area contributed by atoms with Crippen molar-refractivity contribution in [3.8, 4) is 0 Å². The van der Waals surface area contributed by atoms with Crippen molar-refractivity contribution >= 4 is 17.2 Å². The molecule has 3 nitrogen and oxygen atoms in total. The van der Waals surface area contributed by atoms with Crippen LogP contribution in [0.3, 0.4) is 0 Å². The van der Waals surface area contributed by atoms with E-state index < -0.39 is 0 Å². The lowest BCUT2D eigenvalue weighted by atomic mass is 10.4. The van der Waals surface area contributed by atoms with Crippen molar-refractivity contribution in [1.82, 2.24) is 9.38 Å². The lowest BCUT2D eigenvalue weighted by Gasteiger charge is -1.95. The molecule has 2 rings (SSSR count). The summed E-state index contributed by atoms with van der Waals surface area (Å²) in [5, 5.41) is 9.63. The van der Waals surface area contributed by atoms with Crippen molar-refractivity contribution in [2.24, 2.45) is 0 Å². The third-order valence-electron chi connectivity index (χ3n) is 2.07. The summed E-state index contributed by atoms with van der Waals surface area (Å²) in [6, 6.07) is 3.57. The number of pyridine rings is 1. The van der Waals surface area contributed by atoms with Crippen LogP contribution in [0.2, 0.25) is 5.02 Å². The molecule has 0 unspecified atom stereocenters. The van der Waals surface area contributed by atoms with Crippen LogP contribution in [-0.4, -0.2) is 14.5 Å². The first-order valence-corrected chi connectivity index (χ1v) is 4.34. The van der Waals surface area contributed by atoms with Crippen LogP contribution in [0.15, 0.2) is 18.3 Å². The summed E-state index contributed by atoms with van der Waals surface area (Å²) in [6.07, 6.45) is 1.85. The van der Waals surface area contributed by atoms with Gasteiger partial charge in [0.15, 0.2) is 0 Å². The summed E-state index contributed by atoms with van der Waals surface area (Å²) in [6.45, 7) is 1.88. The maximum atomic E-state index is 8.98. The third kappa shape index (κ3) is 1.30. The molecule has 2 heterocycles. The fraction of sp³-hybridized carbons (Fsp3) is 0.222. The predicted octanol–water partition coefficient (Wildman–Crippen LogP) is 1.79. The van der Waals surface area contributed by atoms with Crippen molar-refractivity contribution in [2.75, 3.05) is 0 Å². The Bertz CT molecular complexity index is 450. The summed E-state index contributed by atoms with van der Waals surface area (Å²) >= 11 is 5.81. The molecule has 0 aromatic carbocycles. The van der Waals surface area contributed by atoms with E-state index in [9.17, 15) is 0 Å². The molecule has 0 radical (unpaired) electrons. The van der Waals surface area contributed by atoms with Crippen molar-refractivity contribution in [2.45, 2.75) is 13.5 Å². The van der Waals surface area contributed by atoms with Crippen LogP contribution in [0.5, 0.6) is 0 Å². The van der Waals surface area contributed by atoms with E-state index in [0.29, 0.717) is 10.7 Å². The number of aryl methyl sites for hydroxylation is 1. The zero-order valence-corrected chi connectivity index (χ0v) is 7.91. The van der Waals surface area contributed by atoms with Gasteiger partial charge in [-0.3, -0.25) is 0 Å². The normalized spacial score (nSPS) is 11.0. The molecule has 0 saturated carbocycles. The number of halogens is 1. The van der Waals surface area contributed by atoms with Gasteiger partial charge in [0.1, 0.15) is 5.65 Å². The van der Waals surface area contributed by atoms with Gasteiger partial charge in [0.25, 0.3) is 0 Å². The first-order chi connectivity index (χ1) is 6.22. The van der Waals surface area contributed by atoms with Crippen LogP contribution >= 0.6 is 11.6 Å². The van der Waals surface area contributed by atoms with Gasteiger partial charge < -0.3 is 9.51 Å². The molecule has 0 bridgehead atoms. The standard InChI is InChI=1S/C9H9ClN2O/c1-6-8(5-13)11-9-4-7(10)2-3-12(6)9/h2-4,13H,5H2,1H3. The van der Waals surface area contributed by atoms with Gasteiger partial charge >= 0.3 is 0 Å². The number of aliphatic hydroxyl groups is 1. The second-order valence-corrected chi connectivity index (χ2v) is 3.31. The fourth-order valence-electron chi connectivity index (χ4n) is 1.34. The number of rotatable bonds is 1. The van der Waals surface area contributed by atoms with Gasteiger partial charge in [-0.05, 0) is 13.0 Å². The highest BCUT2D eigenvalue weighted by atomic mass is 35.5. The highest BCUT2D eigenvalue weighted by Crippen LogP contribution is 2.15. The lowest BCUT2D eigenvalue weighted by molar-refractivity contribution is 0.276. The largest absolute Gasteiger partial charge is 0.390 e. The molecule has 0 fully saturated rings. The topological polar surface area (TPSA) is 37.5 Å². The second kappa shape index (κ2) is 3.01. The molecule has 2 aromatic rings. The molecule has 0 aliphatic heterocycles. The van der Waals surface area contributed by atoms with Gasteiger partial charge in [-0.25, -0.2) is 4.98 Å². The van der Waals surface area contributed by atoms with Crippen molar-refractivity contribution in [3.05, 3.63) is 34.7 Å². The van der Waals surface area contributed by atoms with Crippen molar-refractivity contribution in [3.63, 3.8) is 0 Å². The molecule has 2 aromatic heterocycles. The van der Waals surface area contributed by atoms with E-state index in [1.54, 1.807) is 12.1 Å². The Morgan fingerprint density at radius 1 is 1.62 bits per heavy atom. The molecule has 0 aliphatic carbocycles.